The third-order valence-corrected chi connectivity index (χ3v) is 5.15. The maximum atomic E-state index is 12.2. The van der Waals surface area contributed by atoms with Gasteiger partial charge >= 0.3 is 6.03 Å². The van der Waals surface area contributed by atoms with E-state index in [2.05, 4.69) is 50.4 Å². The lowest BCUT2D eigenvalue weighted by atomic mass is 9.92. The van der Waals surface area contributed by atoms with E-state index < -0.39 is 0 Å². The quantitative estimate of drug-likeness (QED) is 0.928. The molecule has 1 N–H and O–H groups in total. The van der Waals surface area contributed by atoms with Crippen LogP contribution in [0.15, 0.2) is 24.3 Å². The third kappa shape index (κ3) is 4.05. The Morgan fingerprint density at radius 2 is 1.96 bits per heavy atom. The van der Waals surface area contributed by atoms with Crippen LogP contribution in [0.1, 0.15) is 31.4 Å². The highest BCUT2D eigenvalue weighted by atomic mass is 16.5. The lowest BCUT2D eigenvalue weighted by Crippen LogP contribution is -2.55. The molecular formula is C19H28N2O2. The maximum Gasteiger partial charge on any atom is 0.317 e. The Balaban J connectivity index is 1.37. The molecule has 3 rings (SSSR count). The second kappa shape index (κ2) is 6.91. The Morgan fingerprint density at radius 3 is 2.57 bits per heavy atom. The van der Waals surface area contributed by atoms with Crippen LogP contribution in [0.25, 0.3) is 0 Å². The number of aryl methyl sites for hydroxylation is 1. The number of carbonyl (C=O) groups excluding carboxylic acids is 1. The molecule has 0 aliphatic carbocycles. The van der Waals surface area contributed by atoms with Crippen LogP contribution < -0.4 is 5.32 Å². The number of nitrogens with zero attached hydrogens (tertiary/aromatic N) is 1. The monoisotopic (exact) mass is 316 g/mol. The molecule has 2 fully saturated rings. The number of ether oxygens (including phenoxy) is 1. The number of benzene rings is 1. The molecule has 2 saturated heterocycles. The normalized spacial score (nSPS) is 27.8. The van der Waals surface area contributed by atoms with Crippen molar-refractivity contribution < 1.29 is 9.53 Å². The second-order valence-corrected chi connectivity index (χ2v) is 7.29. The summed E-state index contributed by atoms with van der Waals surface area (Å²) in [5.41, 5.74) is 2.66. The predicted molar refractivity (Wildman–Crippen MR) is 91.5 cm³/mol. The van der Waals surface area contributed by atoms with Crippen molar-refractivity contribution in [1.29, 1.82) is 0 Å². The van der Waals surface area contributed by atoms with E-state index in [1.807, 2.05) is 4.90 Å². The minimum Gasteiger partial charge on any atom is -0.375 e. The van der Waals surface area contributed by atoms with Crippen LogP contribution in [0.4, 0.5) is 4.79 Å². The lowest BCUT2D eigenvalue weighted by molar-refractivity contribution is 0.0557. The Kier molecular flexibility index (Phi) is 4.90. The van der Waals surface area contributed by atoms with Crippen molar-refractivity contribution >= 4 is 6.03 Å². The number of amides is 2. The Labute approximate surface area is 139 Å². The average molecular weight is 316 g/mol. The SMILES string of the molecule is Cc1ccc(CC2CN(C(=O)NCC3CC(C)OC3C)C2)cc1. The van der Waals surface area contributed by atoms with Crippen LogP contribution >= 0.6 is 0 Å². The van der Waals surface area contributed by atoms with E-state index in [9.17, 15) is 4.79 Å². The van der Waals surface area contributed by atoms with Gasteiger partial charge in [0.1, 0.15) is 0 Å². The zero-order chi connectivity index (χ0) is 16.4. The van der Waals surface area contributed by atoms with Gasteiger partial charge in [-0.15, -0.1) is 0 Å². The number of rotatable bonds is 4. The first kappa shape index (κ1) is 16.3. The summed E-state index contributed by atoms with van der Waals surface area (Å²) in [5.74, 6) is 1.04. The molecular weight excluding hydrogens is 288 g/mol. The van der Waals surface area contributed by atoms with Crippen LogP contribution in [-0.4, -0.2) is 42.8 Å². The molecule has 4 nitrogen and oxygen atoms in total. The molecule has 0 saturated carbocycles. The van der Waals surface area contributed by atoms with Gasteiger partial charge in [0.05, 0.1) is 12.2 Å². The third-order valence-electron chi connectivity index (χ3n) is 5.15. The number of nitrogens with one attached hydrogen (secondary N) is 1. The minimum absolute atomic E-state index is 0.0805. The summed E-state index contributed by atoms with van der Waals surface area (Å²) in [7, 11) is 0. The van der Waals surface area contributed by atoms with Gasteiger partial charge in [-0.1, -0.05) is 29.8 Å². The number of urea groups is 1. The molecule has 23 heavy (non-hydrogen) atoms. The van der Waals surface area contributed by atoms with Gasteiger partial charge in [-0.2, -0.15) is 0 Å². The van der Waals surface area contributed by atoms with Crippen LogP contribution in [0.5, 0.6) is 0 Å². The van der Waals surface area contributed by atoms with Crippen molar-refractivity contribution in [1.82, 2.24) is 10.2 Å². The summed E-state index contributed by atoms with van der Waals surface area (Å²) >= 11 is 0. The van der Waals surface area contributed by atoms with E-state index in [-0.39, 0.29) is 12.1 Å². The summed E-state index contributed by atoms with van der Waals surface area (Å²) in [6.07, 6.45) is 2.66. The molecule has 4 heteroatoms. The highest BCUT2D eigenvalue weighted by Gasteiger charge is 2.33. The molecule has 3 unspecified atom stereocenters. The van der Waals surface area contributed by atoms with Gasteiger partial charge in [-0.05, 0) is 45.1 Å². The molecule has 2 aliphatic heterocycles. The van der Waals surface area contributed by atoms with Crippen molar-refractivity contribution in [2.75, 3.05) is 19.6 Å². The molecule has 0 spiro atoms. The summed E-state index contributed by atoms with van der Waals surface area (Å²) in [4.78, 5) is 14.1. The van der Waals surface area contributed by atoms with Crippen LogP contribution in [0.2, 0.25) is 0 Å². The van der Waals surface area contributed by atoms with Crippen molar-refractivity contribution in [2.45, 2.75) is 45.8 Å². The van der Waals surface area contributed by atoms with Crippen molar-refractivity contribution in [3.8, 4) is 0 Å². The molecule has 2 aliphatic rings. The smallest absolute Gasteiger partial charge is 0.317 e. The van der Waals surface area contributed by atoms with Gasteiger partial charge in [0.2, 0.25) is 0 Å². The summed E-state index contributed by atoms with van der Waals surface area (Å²) in [6.45, 7) is 8.77. The van der Waals surface area contributed by atoms with Crippen LogP contribution in [0, 0.1) is 18.8 Å². The Morgan fingerprint density at radius 1 is 1.26 bits per heavy atom. The molecule has 1 aromatic carbocycles. The Hall–Kier alpha value is -1.55. The topological polar surface area (TPSA) is 41.6 Å². The fourth-order valence-corrected chi connectivity index (χ4v) is 3.65. The van der Waals surface area contributed by atoms with E-state index in [1.165, 1.54) is 11.1 Å². The lowest BCUT2D eigenvalue weighted by Gasteiger charge is -2.39. The fraction of sp³-hybridized carbons (Fsp3) is 0.632. The van der Waals surface area contributed by atoms with Gasteiger partial charge in [0, 0.05) is 25.6 Å². The number of hydrogen-bond donors (Lipinski definition) is 1. The van der Waals surface area contributed by atoms with E-state index >= 15 is 0 Å². The summed E-state index contributed by atoms with van der Waals surface area (Å²) in [5, 5.41) is 3.08. The first-order valence-corrected chi connectivity index (χ1v) is 8.75. The number of likely N-dealkylation sites (tertiary alicyclic amines) is 1. The molecule has 2 amide bonds. The zero-order valence-corrected chi connectivity index (χ0v) is 14.4. The molecule has 1 aromatic rings. The summed E-state index contributed by atoms with van der Waals surface area (Å²) in [6, 6.07) is 8.78. The number of hydrogen-bond acceptors (Lipinski definition) is 2. The maximum absolute atomic E-state index is 12.2. The molecule has 0 bridgehead atoms. The van der Waals surface area contributed by atoms with Gasteiger partial charge in [0.15, 0.2) is 0 Å². The van der Waals surface area contributed by atoms with Crippen molar-refractivity contribution in [3.63, 3.8) is 0 Å². The van der Waals surface area contributed by atoms with Crippen LogP contribution in [0.3, 0.4) is 0 Å². The first-order chi connectivity index (χ1) is 11.0. The van der Waals surface area contributed by atoms with Crippen molar-refractivity contribution in [2.24, 2.45) is 11.8 Å². The largest absolute Gasteiger partial charge is 0.375 e. The van der Waals surface area contributed by atoms with E-state index in [4.69, 9.17) is 4.74 Å². The number of carbonyl (C=O) groups is 1. The average Bonchev–Trinajstić information content (AvgIpc) is 2.80. The fourth-order valence-electron chi connectivity index (χ4n) is 3.65. The van der Waals surface area contributed by atoms with Crippen molar-refractivity contribution in [3.05, 3.63) is 35.4 Å². The first-order valence-electron chi connectivity index (χ1n) is 8.75. The van der Waals surface area contributed by atoms with E-state index in [0.717, 1.165) is 32.5 Å². The van der Waals surface area contributed by atoms with Crippen LogP contribution in [-0.2, 0) is 11.2 Å². The molecule has 0 radical (unpaired) electrons. The van der Waals surface area contributed by atoms with E-state index in [1.54, 1.807) is 0 Å². The second-order valence-electron chi connectivity index (χ2n) is 7.29. The van der Waals surface area contributed by atoms with E-state index in [0.29, 0.717) is 17.9 Å². The Bertz CT molecular complexity index is 537. The zero-order valence-electron chi connectivity index (χ0n) is 14.4. The van der Waals surface area contributed by atoms with Gasteiger partial charge in [-0.25, -0.2) is 4.79 Å². The molecule has 2 heterocycles. The van der Waals surface area contributed by atoms with Gasteiger partial charge in [-0.3, -0.25) is 0 Å². The summed E-state index contributed by atoms with van der Waals surface area (Å²) < 4.78 is 5.73. The molecule has 126 valence electrons. The highest BCUT2D eigenvalue weighted by Crippen LogP contribution is 2.26. The van der Waals surface area contributed by atoms with Gasteiger partial charge < -0.3 is 15.0 Å². The molecule has 3 atom stereocenters. The minimum atomic E-state index is 0.0805. The standard InChI is InChI=1S/C19H28N2O2/c1-13-4-6-16(7-5-13)9-17-11-21(12-17)19(22)20-10-18-8-14(2)23-15(18)3/h4-7,14-15,17-18H,8-12H2,1-3H3,(H,20,22). The highest BCUT2D eigenvalue weighted by molar-refractivity contribution is 5.75. The predicted octanol–water partition coefficient (Wildman–Crippen LogP) is 2.99. The van der Waals surface area contributed by atoms with Gasteiger partial charge in [0.25, 0.3) is 0 Å². The molecule has 0 aromatic heterocycles.